The highest BCUT2D eigenvalue weighted by Crippen LogP contribution is 2.31. The number of rotatable bonds is 6. The topological polar surface area (TPSA) is 66.3 Å². The van der Waals surface area contributed by atoms with Crippen LogP contribution in [-0.4, -0.2) is 58.8 Å². The number of pyridine rings is 1. The lowest BCUT2D eigenvalue weighted by atomic mass is 10.1. The van der Waals surface area contributed by atoms with Crippen molar-refractivity contribution in [3.05, 3.63) is 70.7 Å². The van der Waals surface area contributed by atoms with E-state index in [0.717, 1.165) is 49.7 Å². The molecule has 35 heavy (non-hydrogen) atoms. The Bertz CT molecular complexity index is 1180. The van der Waals surface area contributed by atoms with Gasteiger partial charge in [-0.25, -0.2) is 9.67 Å². The number of aryl methyl sites for hydroxylation is 1. The van der Waals surface area contributed by atoms with E-state index in [1.807, 2.05) is 12.1 Å². The molecule has 0 saturated carbocycles. The summed E-state index contributed by atoms with van der Waals surface area (Å²) in [6.07, 6.45) is -2.58. The number of amides is 1. The molecular formula is C25H29F3N6O. The second kappa shape index (κ2) is 10.1. The predicted octanol–water partition coefficient (Wildman–Crippen LogP) is 3.51. The van der Waals surface area contributed by atoms with Crippen LogP contribution in [0.1, 0.15) is 28.1 Å². The number of hydrogen-bond donors (Lipinski definition) is 1. The summed E-state index contributed by atoms with van der Waals surface area (Å²) in [5.41, 5.74) is 2.39. The first kappa shape index (κ1) is 24.7. The van der Waals surface area contributed by atoms with Gasteiger partial charge in [0.15, 0.2) is 0 Å². The first-order valence-electron chi connectivity index (χ1n) is 11.5. The Hall–Kier alpha value is -3.40. The number of halogens is 3. The molecule has 0 atom stereocenters. The van der Waals surface area contributed by atoms with E-state index in [4.69, 9.17) is 0 Å². The van der Waals surface area contributed by atoms with Crippen molar-refractivity contribution in [1.82, 2.24) is 25.0 Å². The highest BCUT2D eigenvalue weighted by molar-refractivity contribution is 5.79. The van der Waals surface area contributed by atoms with Crippen LogP contribution in [0.5, 0.6) is 0 Å². The molecule has 2 aromatic heterocycles. The van der Waals surface area contributed by atoms with Gasteiger partial charge in [0.1, 0.15) is 5.82 Å². The van der Waals surface area contributed by atoms with Gasteiger partial charge in [0.2, 0.25) is 5.91 Å². The summed E-state index contributed by atoms with van der Waals surface area (Å²) in [4.78, 5) is 21.7. The minimum atomic E-state index is -4.44. The van der Waals surface area contributed by atoms with Gasteiger partial charge in [0.25, 0.3) is 0 Å². The van der Waals surface area contributed by atoms with E-state index in [2.05, 4.69) is 32.2 Å². The molecule has 7 nitrogen and oxygen atoms in total. The van der Waals surface area contributed by atoms with Gasteiger partial charge in [-0.05, 0) is 50.7 Å². The van der Waals surface area contributed by atoms with Crippen molar-refractivity contribution in [3.63, 3.8) is 0 Å². The van der Waals surface area contributed by atoms with Crippen molar-refractivity contribution >= 4 is 11.7 Å². The summed E-state index contributed by atoms with van der Waals surface area (Å²) in [5, 5.41) is 7.29. The third-order valence-electron chi connectivity index (χ3n) is 6.32. The molecule has 0 bridgehead atoms. The van der Waals surface area contributed by atoms with Crippen molar-refractivity contribution in [2.45, 2.75) is 33.0 Å². The summed E-state index contributed by atoms with van der Waals surface area (Å²) in [5.74, 6) is 0.740. The van der Waals surface area contributed by atoms with Crippen LogP contribution in [0, 0.1) is 13.8 Å². The third-order valence-corrected chi connectivity index (χ3v) is 6.32. The summed E-state index contributed by atoms with van der Waals surface area (Å²) in [6.45, 7) is 7.73. The number of nitrogens with one attached hydrogen (secondary N) is 1. The van der Waals surface area contributed by atoms with E-state index in [1.165, 1.54) is 10.7 Å². The maximum atomic E-state index is 13.1. The Kier molecular flexibility index (Phi) is 7.11. The molecule has 1 amide bonds. The average molecular weight is 487 g/mol. The number of piperazine rings is 1. The molecular weight excluding hydrogens is 457 g/mol. The first-order chi connectivity index (χ1) is 16.6. The monoisotopic (exact) mass is 486 g/mol. The predicted molar refractivity (Wildman–Crippen MR) is 128 cm³/mol. The van der Waals surface area contributed by atoms with Crippen molar-refractivity contribution < 1.29 is 18.0 Å². The molecule has 10 heteroatoms. The zero-order chi connectivity index (χ0) is 25.2. The van der Waals surface area contributed by atoms with Crippen molar-refractivity contribution in [2.75, 3.05) is 38.1 Å². The fourth-order valence-electron chi connectivity index (χ4n) is 4.16. The van der Waals surface area contributed by atoms with Crippen molar-refractivity contribution in [1.29, 1.82) is 0 Å². The van der Waals surface area contributed by atoms with E-state index in [0.29, 0.717) is 29.2 Å². The SMILES string of the molecule is Cc1nn(-c2cccc(C(F)(F)F)c2)c(C)c1CC(=O)NCc1ccc(N2CCN(C)CC2)nc1. The smallest absolute Gasteiger partial charge is 0.354 e. The number of carbonyl (C=O) groups excluding carboxylic acids is 1. The highest BCUT2D eigenvalue weighted by atomic mass is 19.4. The Morgan fingerprint density at radius 3 is 2.49 bits per heavy atom. The fourth-order valence-corrected chi connectivity index (χ4v) is 4.16. The number of likely N-dealkylation sites (N-methyl/N-ethyl adjacent to an activating group) is 1. The van der Waals surface area contributed by atoms with Crippen molar-refractivity contribution in [3.8, 4) is 5.69 Å². The molecule has 0 radical (unpaired) electrons. The summed E-state index contributed by atoms with van der Waals surface area (Å²) >= 11 is 0. The molecule has 3 aromatic rings. The van der Waals surface area contributed by atoms with Crippen LogP contribution < -0.4 is 10.2 Å². The molecule has 1 aliphatic heterocycles. The van der Waals surface area contributed by atoms with Crippen LogP contribution in [0.4, 0.5) is 19.0 Å². The summed E-state index contributed by atoms with van der Waals surface area (Å²) in [7, 11) is 2.11. The zero-order valence-electron chi connectivity index (χ0n) is 20.1. The van der Waals surface area contributed by atoms with Crippen LogP contribution in [0.25, 0.3) is 5.69 Å². The molecule has 1 aliphatic rings. The van der Waals surface area contributed by atoms with E-state index < -0.39 is 11.7 Å². The molecule has 186 valence electrons. The van der Waals surface area contributed by atoms with Gasteiger partial charge in [-0.3, -0.25) is 4.79 Å². The number of alkyl halides is 3. The van der Waals surface area contributed by atoms with E-state index >= 15 is 0 Å². The molecule has 4 rings (SSSR count). The Morgan fingerprint density at radius 2 is 1.83 bits per heavy atom. The molecule has 0 unspecified atom stereocenters. The summed E-state index contributed by atoms with van der Waals surface area (Å²) in [6, 6.07) is 8.93. The van der Waals surface area contributed by atoms with Crippen LogP contribution in [0.15, 0.2) is 42.6 Å². The van der Waals surface area contributed by atoms with Crippen molar-refractivity contribution in [2.24, 2.45) is 0 Å². The molecule has 0 spiro atoms. The lowest BCUT2D eigenvalue weighted by molar-refractivity contribution is -0.137. The maximum Gasteiger partial charge on any atom is 0.416 e. The Labute approximate surface area is 202 Å². The largest absolute Gasteiger partial charge is 0.416 e. The van der Waals surface area contributed by atoms with Gasteiger partial charge in [-0.1, -0.05) is 12.1 Å². The second-order valence-electron chi connectivity index (χ2n) is 8.88. The Morgan fingerprint density at radius 1 is 1.09 bits per heavy atom. The minimum absolute atomic E-state index is 0.0867. The number of anilines is 1. The molecule has 1 N–H and O–H groups in total. The Balaban J connectivity index is 1.38. The molecule has 1 fully saturated rings. The number of nitrogens with zero attached hydrogens (tertiary/aromatic N) is 5. The zero-order valence-corrected chi connectivity index (χ0v) is 20.1. The van der Waals surface area contributed by atoms with Crippen LogP contribution >= 0.6 is 0 Å². The number of benzene rings is 1. The van der Waals surface area contributed by atoms with Gasteiger partial charge < -0.3 is 15.1 Å². The number of aromatic nitrogens is 3. The molecule has 1 saturated heterocycles. The second-order valence-corrected chi connectivity index (χ2v) is 8.88. The summed E-state index contributed by atoms with van der Waals surface area (Å²) < 4.78 is 40.8. The van der Waals surface area contributed by atoms with Gasteiger partial charge >= 0.3 is 6.18 Å². The average Bonchev–Trinajstić information content (AvgIpc) is 3.11. The van der Waals surface area contributed by atoms with Crippen LogP contribution in [0.3, 0.4) is 0 Å². The van der Waals surface area contributed by atoms with Gasteiger partial charge in [0.05, 0.1) is 23.4 Å². The van der Waals surface area contributed by atoms with E-state index in [1.54, 1.807) is 26.1 Å². The van der Waals surface area contributed by atoms with E-state index in [-0.39, 0.29) is 12.3 Å². The van der Waals surface area contributed by atoms with Gasteiger partial charge in [0, 0.05) is 50.2 Å². The highest BCUT2D eigenvalue weighted by Gasteiger charge is 2.31. The number of carbonyl (C=O) groups is 1. The lowest BCUT2D eigenvalue weighted by Gasteiger charge is -2.33. The first-order valence-corrected chi connectivity index (χ1v) is 11.5. The molecule has 3 heterocycles. The quantitative estimate of drug-likeness (QED) is 0.578. The van der Waals surface area contributed by atoms with E-state index in [9.17, 15) is 18.0 Å². The maximum absolute atomic E-state index is 13.1. The van der Waals surface area contributed by atoms with Gasteiger partial charge in [-0.15, -0.1) is 0 Å². The minimum Gasteiger partial charge on any atom is -0.354 e. The molecule has 1 aromatic carbocycles. The molecule has 0 aliphatic carbocycles. The lowest BCUT2D eigenvalue weighted by Crippen LogP contribution is -2.44. The van der Waals surface area contributed by atoms with Gasteiger partial charge in [-0.2, -0.15) is 18.3 Å². The number of hydrogen-bond acceptors (Lipinski definition) is 5. The normalized spacial score (nSPS) is 14.9. The fraction of sp³-hybridized carbons (Fsp3) is 0.400. The third kappa shape index (κ3) is 5.82. The van der Waals surface area contributed by atoms with Crippen LogP contribution in [0.2, 0.25) is 0 Å². The standard InChI is InChI=1S/C25H29F3N6O/c1-17-22(18(2)34(31-17)21-6-4-5-20(13-21)25(26,27)28)14-24(35)30-16-19-7-8-23(29-15-19)33-11-9-32(3)10-12-33/h4-8,13,15H,9-12,14,16H2,1-3H3,(H,30,35). The van der Waals surface area contributed by atoms with Crippen LogP contribution in [-0.2, 0) is 23.9 Å².